The number of carboxylic acid groups (broad SMARTS) is 1. The van der Waals surface area contributed by atoms with E-state index in [0.717, 1.165) is 5.56 Å². The summed E-state index contributed by atoms with van der Waals surface area (Å²) in [6, 6.07) is 12.1. The van der Waals surface area contributed by atoms with Crippen LogP contribution in [0.5, 0.6) is 11.5 Å². The topological polar surface area (TPSA) is 164 Å². The summed E-state index contributed by atoms with van der Waals surface area (Å²) in [5.74, 6) is 0.748. The highest BCUT2D eigenvalue weighted by molar-refractivity contribution is 7.89. The molecule has 5 atom stereocenters. The number of benzene rings is 2. The zero-order chi connectivity index (χ0) is 36.1. The number of nitrogens with one attached hydrogen (secondary N) is 1. The van der Waals surface area contributed by atoms with Crippen LogP contribution in [0.25, 0.3) is 0 Å². The van der Waals surface area contributed by atoms with Crippen LogP contribution in [0.15, 0.2) is 53.4 Å². The maximum atomic E-state index is 14.5. The standard InChI is InChI=1S/C36H51N3O10S/c1-24(2)17-33(41)37-15-8-14-36(3,4)22-38(50(44,45)26-11-12-31-32(19-26)49-23-48-31)20-30(40)28(18-25-9-6-5-7-10-25)39(35(42)43)29-21-47-34-27(29)13-16-46-34/h5-7,9-12,19,24,27-30,34,40H,8,13-18,20-23H2,1-4H3,(H,37,41)(H,42,43)/t27-,28-,29-,30+,34+/m0/s1. The number of fused-ring (bicyclic) bond motifs is 2. The van der Waals surface area contributed by atoms with Crippen LogP contribution in [-0.2, 0) is 30.7 Å². The van der Waals surface area contributed by atoms with Gasteiger partial charge < -0.3 is 34.5 Å². The molecule has 0 unspecified atom stereocenters. The normalized spacial score (nSPS) is 21.3. The van der Waals surface area contributed by atoms with Crippen molar-refractivity contribution in [2.24, 2.45) is 17.3 Å². The zero-order valence-electron chi connectivity index (χ0n) is 29.3. The van der Waals surface area contributed by atoms with Gasteiger partial charge in [0.15, 0.2) is 17.8 Å². The first-order valence-corrected chi connectivity index (χ1v) is 18.8. The minimum absolute atomic E-state index is 0.0219. The van der Waals surface area contributed by atoms with Crippen LogP contribution in [-0.4, -0.2) is 104 Å². The summed E-state index contributed by atoms with van der Waals surface area (Å²) in [5, 5.41) is 25.7. The van der Waals surface area contributed by atoms with Crippen LogP contribution in [0.1, 0.15) is 58.9 Å². The van der Waals surface area contributed by atoms with Crippen molar-refractivity contribution in [3.05, 3.63) is 54.1 Å². The van der Waals surface area contributed by atoms with E-state index in [1.165, 1.54) is 21.3 Å². The molecular weight excluding hydrogens is 666 g/mol. The summed E-state index contributed by atoms with van der Waals surface area (Å²) in [7, 11) is -4.24. The zero-order valence-corrected chi connectivity index (χ0v) is 30.1. The molecule has 0 aliphatic carbocycles. The Morgan fingerprint density at radius 3 is 2.52 bits per heavy atom. The molecule has 276 valence electrons. The number of ether oxygens (including phenoxy) is 4. The number of aliphatic hydroxyl groups is 1. The number of aliphatic hydroxyl groups excluding tert-OH is 1. The third-order valence-corrected chi connectivity index (χ3v) is 11.4. The Labute approximate surface area is 294 Å². The molecule has 0 spiro atoms. The predicted molar refractivity (Wildman–Crippen MR) is 184 cm³/mol. The molecule has 3 heterocycles. The second kappa shape index (κ2) is 16.3. The summed E-state index contributed by atoms with van der Waals surface area (Å²) in [4.78, 5) is 26.5. The largest absolute Gasteiger partial charge is 0.465 e. The van der Waals surface area contributed by atoms with E-state index in [4.69, 9.17) is 18.9 Å². The maximum absolute atomic E-state index is 14.5. The van der Waals surface area contributed by atoms with E-state index >= 15 is 0 Å². The molecule has 0 radical (unpaired) electrons. The molecule has 14 heteroatoms. The molecular formula is C36H51N3O10S. The van der Waals surface area contributed by atoms with Crippen molar-refractivity contribution in [2.75, 3.05) is 39.6 Å². The van der Waals surface area contributed by atoms with E-state index in [-0.39, 0.29) is 55.5 Å². The van der Waals surface area contributed by atoms with E-state index in [0.29, 0.717) is 50.3 Å². The van der Waals surface area contributed by atoms with Crippen molar-refractivity contribution in [2.45, 2.75) is 89.2 Å². The van der Waals surface area contributed by atoms with Crippen LogP contribution >= 0.6 is 0 Å². The fourth-order valence-electron chi connectivity index (χ4n) is 7.09. The molecule has 5 rings (SSSR count). The third kappa shape index (κ3) is 9.26. The molecule has 3 aliphatic rings. The quantitative estimate of drug-likeness (QED) is 0.203. The van der Waals surface area contributed by atoms with Crippen LogP contribution in [0, 0.1) is 17.3 Å². The third-order valence-electron chi connectivity index (χ3n) is 9.60. The average molecular weight is 718 g/mol. The minimum Gasteiger partial charge on any atom is -0.465 e. The summed E-state index contributed by atoms with van der Waals surface area (Å²) >= 11 is 0. The fourth-order valence-corrected chi connectivity index (χ4v) is 8.76. The predicted octanol–water partition coefficient (Wildman–Crippen LogP) is 4.09. The van der Waals surface area contributed by atoms with Crippen LogP contribution in [0.2, 0.25) is 0 Å². The van der Waals surface area contributed by atoms with E-state index in [1.807, 2.05) is 58.0 Å². The lowest BCUT2D eigenvalue weighted by Gasteiger charge is -2.40. The van der Waals surface area contributed by atoms with Crippen molar-refractivity contribution in [1.82, 2.24) is 14.5 Å². The Bertz CT molecular complexity index is 1570. The van der Waals surface area contributed by atoms with Crippen molar-refractivity contribution in [3.63, 3.8) is 0 Å². The second-order valence-electron chi connectivity index (χ2n) is 14.6. The molecule has 2 fully saturated rings. The molecule has 2 amide bonds. The number of hydrogen-bond donors (Lipinski definition) is 3. The first kappa shape index (κ1) is 37.8. The number of nitrogens with zero attached hydrogens (tertiary/aromatic N) is 2. The van der Waals surface area contributed by atoms with E-state index in [2.05, 4.69) is 5.32 Å². The van der Waals surface area contributed by atoms with Crippen molar-refractivity contribution in [3.8, 4) is 11.5 Å². The van der Waals surface area contributed by atoms with Crippen molar-refractivity contribution < 1.29 is 47.2 Å². The molecule has 0 saturated carbocycles. The summed E-state index contributed by atoms with van der Waals surface area (Å²) in [6.07, 6.45) is -0.761. The smallest absolute Gasteiger partial charge is 0.407 e. The van der Waals surface area contributed by atoms with Gasteiger partial charge >= 0.3 is 6.09 Å². The average Bonchev–Trinajstić information content (AvgIpc) is 3.81. The number of amides is 2. The highest BCUT2D eigenvalue weighted by atomic mass is 32.2. The number of hydrogen-bond acceptors (Lipinski definition) is 9. The Kier molecular flexibility index (Phi) is 12.3. The number of sulfonamides is 1. The SMILES string of the molecule is CC(C)CC(=O)NCCCC(C)(C)CN(C[C@@H](O)[C@H](Cc1ccccc1)N(C(=O)O)[C@H]1CO[C@H]2OCC[C@H]21)S(=O)(=O)c1ccc2c(c1)OCO2. The summed E-state index contributed by atoms with van der Waals surface area (Å²) in [6.45, 7) is 8.49. The molecule has 3 aliphatic heterocycles. The maximum Gasteiger partial charge on any atom is 0.407 e. The Morgan fingerprint density at radius 1 is 1.06 bits per heavy atom. The lowest BCUT2D eigenvalue weighted by molar-refractivity contribution is -0.121. The number of rotatable bonds is 17. The van der Waals surface area contributed by atoms with Gasteiger partial charge in [0.25, 0.3) is 0 Å². The van der Waals surface area contributed by atoms with Gasteiger partial charge in [0.1, 0.15) is 0 Å². The van der Waals surface area contributed by atoms with Gasteiger partial charge in [0.05, 0.1) is 36.3 Å². The van der Waals surface area contributed by atoms with Gasteiger partial charge in [-0.1, -0.05) is 58.0 Å². The molecule has 2 saturated heterocycles. The minimum atomic E-state index is -4.24. The van der Waals surface area contributed by atoms with Gasteiger partial charge in [-0.15, -0.1) is 0 Å². The van der Waals surface area contributed by atoms with Gasteiger partial charge in [-0.25, -0.2) is 13.2 Å². The second-order valence-corrected chi connectivity index (χ2v) is 16.6. The highest BCUT2D eigenvalue weighted by Gasteiger charge is 2.49. The van der Waals surface area contributed by atoms with Gasteiger partial charge in [-0.05, 0) is 54.7 Å². The highest BCUT2D eigenvalue weighted by Crippen LogP contribution is 2.38. The fraction of sp³-hybridized carbons (Fsp3) is 0.611. The first-order valence-electron chi connectivity index (χ1n) is 17.4. The van der Waals surface area contributed by atoms with Gasteiger partial charge in [0, 0.05) is 38.0 Å². The molecule has 50 heavy (non-hydrogen) atoms. The molecule has 2 aromatic carbocycles. The molecule has 3 N–H and O–H groups in total. The van der Waals surface area contributed by atoms with E-state index < -0.39 is 46.0 Å². The molecule has 0 aromatic heterocycles. The Hall–Kier alpha value is -3.43. The van der Waals surface area contributed by atoms with Gasteiger partial charge in [-0.2, -0.15) is 4.31 Å². The van der Waals surface area contributed by atoms with Crippen LogP contribution < -0.4 is 14.8 Å². The van der Waals surface area contributed by atoms with Crippen molar-refractivity contribution in [1.29, 1.82) is 0 Å². The van der Waals surface area contributed by atoms with Crippen LogP contribution in [0.4, 0.5) is 4.79 Å². The van der Waals surface area contributed by atoms with Gasteiger partial charge in [0.2, 0.25) is 22.7 Å². The van der Waals surface area contributed by atoms with Gasteiger partial charge in [-0.3, -0.25) is 9.69 Å². The molecule has 13 nitrogen and oxygen atoms in total. The van der Waals surface area contributed by atoms with Crippen LogP contribution in [0.3, 0.4) is 0 Å². The van der Waals surface area contributed by atoms with E-state index in [9.17, 15) is 28.2 Å². The Balaban J connectivity index is 1.43. The first-order chi connectivity index (χ1) is 23.7. The number of carbonyl (C=O) groups excluding carboxylic acids is 1. The van der Waals surface area contributed by atoms with E-state index in [1.54, 1.807) is 6.07 Å². The Morgan fingerprint density at radius 2 is 1.80 bits per heavy atom. The summed E-state index contributed by atoms with van der Waals surface area (Å²) in [5.41, 5.74) is 0.215. The monoisotopic (exact) mass is 717 g/mol. The molecule has 2 aromatic rings. The molecule has 0 bridgehead atoms. The summed E-state index contributed by atoms with van der Waals surface area (Å²) < 4.78 is 52.5. The van der Waals surface area contributed by atoms with Crippen molar-refractivity contribution >= 4 is 22.0 Å². The lowest BCUT2D eigenvalue weighted by Crippen LogP contribution is -2.58. The number of carbonyl (C=O) groups is 2. The lowest BCUT2D eigenvalue weighted by atomic mass is 9.87.